The van der Waals surface area contributed by atoms with Gasteiger partial charge in [0.25, 0.3) is 0 Å². The lowest BCUT2D eigenvalue weighted by Gasteiger charge is -2.26. The number of quaternary nitrogens is 1. The number of nitrogens with one attached hydrogen (secondary N) is 1. The van der Waals surface area contributed by atoms with E-state index in [-0.39, 0.29) is 19.1 Å². The fourth-order valence-electron chi connectivity index (χ4n) is 7.69. The summed E-state index contributed by atoms with van der Waals surface area (Å²) in [5.41, 5.74) is 0. The molecule has 1 amide bonds. The highest BCUT2D eigenvalue weighted by Gasteiger charge is 2.28. The van der Waals surface area contributed by atoms with Gasteiger partial charge in [0.2, 0.25) is 5.91 Å². The molecule has 0 heterocycles. The normalized spacial score (nSPS) is 14.5. The number of phosphoric ester groups is 1. The summed E-state index contributed by atoms with van der Waals surface area (Å²) in [5, 5.41) is 14.0. The summed E-state index contributed by atoms with van der Waals surface area (Å²) in [7, 11) is 1.61. The summed E-state index contributed by atoms with van der Waals surface area (Å²) in [6, 6.07) is -0.767. The number of hydrogen-bond acceptors (Lipinski definition) is 5. The molecule has 3 unspecified atom stereocenters. The van der Waals surface area contributed by atoms with Gasteiger partial charge in [-0.15, -0.1) is 0 Å². The average molecular weight is 908 g/mol. The maximum atomic E-state index is 13.0. The van der Waals surface area contributed by atoms with E-state index in [1.54, 1.807) is 0 Å². The Labute approximate surface area is 390 Å². The zero-order chi connectivity index (χ0) is 46.4. The highest BCUT2D eigenvalue weighted by atomic mass is 31.2. The Hall–Kier alpha value is -1.54. The number of nitrogens with zero attached hydrogens (tertiary/aromatic N) is 1. The molecule has 0 fully saturated rings. The smallest absolute Gasteiger partial charge is 0.391 e. The van der Waals surface area contributed by atoms with Gasteiger partial charge in [0, 0.05) is 6.42 Å². The molecule has 8 nitrogen and oxygen atoms in total. The molecule has 0 rings (SSSR count). The van der Waals surface area contributed by atoms with Crippen molar-refractivity contribution in [1.29, 1.82) is 0 Å². The number of carbonyl (C=O) groups is 1. The maximum absolute atomic E-state index is 13.0. The minimum absolute atomic E-state index is 0.0717. The van der Waals surface area contributed by atoms with Crippen molar-refractivity contribution in [2.75, 3.05) is 40.9 Å². The van der Waals surface area contributed by atoms with E-state index in [1.807, 2.05) is 21.1 Å². The standard InChI is InChI=1S/C54H103N2O6P/c1-6-8-10-12-14-16-18-20-22-24-26-28-30-32-34-36-38-40-42-44-46-48-54(58)55-52(51-62-63(59,60)61-50-49-56(3,4)5)53(57)47-45-43-41-39-37-35-33-31-29-27-25-23-21-19-17-15-13-11-9-7-2/h8,10,14,16,20,22,26,28,52-53,57H,6-7,9,11-13,15,17-19,21,23-25,27,29-51H2,1-5H3,(H-,55,58,59,60)/p+1/b10-8-,16-14-,22-20-,28-26-. The third-order valence-corrected chi connectivity index (χ3v) is 12.8. The SMILES string of the molecule is CC/C=C\C/C=C\C/C=C\C/C=C\CCCCCCCCCCC(=O)NC(COP(=O)(O)OCC[N+](C)(C)C)C(O)CCCCCCCCCCCCCCCCCCCCCC. The Morgan fingerprint density at radius 1 is 0.556 bits per heavy atom. The van der Waals surface area contributed by atoms with Crippen LogP contribution in [0.15, 0.2) is 48.6 Å². The summed E-state index contributed by atoms with van der Waals surface area (Å²) in [6.07, 6.45) is 58.6. The quantitative estimate of drug-likeness (QED) is 0.0243. The second-order valence-corrected chi connectivity index (χ2v) is 20.7. The number of aliphatic hydroxyl groups excluding tert-OH is 1. The molecular weight excluding hydrogens is 804 g/mol. The first-order valence-electron chi connectivity index (χ1n) is 26.5. The number of allylic oxidation sites excluding steroid dienone is 8. The Kier molecular flexibility index (Phi) is 44.5. The van der Waals surface area contributed by atoms with Gasteiger partial charge in [-0.1, -0.05) is 229 Å². The van der Waals surface area contributed by atoms with E-state index >= 15 is 0 Å². The molecule has 0 saturated heterocycles. The molecule has 3 N–H and O–H groups in total. The van der Waals surface area contributed by atoms with Gasteiger partial charge in [-0.3, -0.25) is 13.8 Å². The summed E-state index contributed by atoms with van der Waals surface area (Å²) in [5.74, 6) is -0.152. The van der Waals surface area contributed by atoms with Crippen LogP contribution in [-0.2, 0) is 18.4 Å². The second-order valence-electron chi connectivity index (χ2n) is 19.2. The molecule has 0 saturated carbocycles. The largest absolute Gasteiger partial charge is 0.472 e. The predicted molar refractivity (Wildman–Crippen MR) is 272 cm³/mol. The van der Waals surface area contributed by atoms with Crippen LogP contribution in [0.1, 0.15) is 239 Å². The zero-order valence-corrected chi connectivity index (χ0v) is 43.0. The lowest BCUT2D eigenvalue weighted by Crippen LogP contribution is -2.46. The topological polar surface area (TPSA) is 105 Å². The number of rotatable bonds is 48. The number of unbranched alkanes of at least 4 members (excludes halogenated alkanes) is 27. The predicted octanol–water partition coefficient (Wildman–Crippen LogP) is 15.6. The fraction of sp³-hybridized carbons (Fsp3) is 0.833. The van der Waals surface area contributed by atoms with Crippen LogP contribution < -0.4 is 5.32 Å². The van der Waals surface area contributed by atoms with Crippen LogP contribution in [0.2, 0.25) is 0 Å². The first-order chi connectivity index (χ1) is 30.5. The number of amides is 1. The van der Waals surface area contributed by atoms with Crippen molar-refractivity contribution in [1.82, 2.24) is 5.32 Å². The molecule has 0 aliphatic heterocycles. The molecule has 0 radical (unpaired) electrons. The molecule has 0 spiro atoms. The third kappa shape index (κ3) is 48.2. The highest BCUT2D eigenvalue weighted by molar-refractivity contribution is 7.47. The Morgan fingerprint density at radius 3 is 1.40 bits per heavy atom. The van der Waals surface area contributed by atoms with Gasteiger partial charge < -0.3 is 19.8 Å². The van der Waals surface area contributed by atoms with Crippen molar-refractivity contribution in [2.24, 2.45) is 0 Å². The molecule has 370 valence electrons. The van der Waals surface area contributed by atoms with Crippen LogP contribution in [0.3, 0.4) is 0 Å². The Bertz CT molecular complexity index is 1170. The number of likely N-dealkylation sites (N-methyl/N-ethyl adjacent to an activating group) is 1. The summed E-state index contributed by atoms with van der Waals surface area (Å²) < 4.78 is 23.7. The second kappa shape index (κ2) is 45.6. The zero-order valence-electron chi connectivity index (χ0n) is 42.1. The summed E-state index contributed by atoms with van der Waals surface area (Å²) >= 11 is 0. The molecule has 0 bridgehead atoms. The molecule has 0 aromatic carbocycles. The van der Waals surface area contributed by atoms with Crippen LogP contribution in [0.25, 0.3) is 0 Å². The van der Waals surface area contributed by atoms with Crippen LogP contribution in [0.5, 0.6) is 0 Å². The summed E-state index contributed by atoms with van der Waals surface area (Å²) in [6.45, 7) is 4.79. The van der Waals surface area contributed by atoms with Crippen molar-refractivity contribution in [3.8, 4) is 0 Å². The van der Waals surface area contributed by atoms with Crippen LogP contribution in [0, 0.1) is 0 Å². The van der Waals surface area contributed by atoms with E-state index in [0.717, 1.165) is 70.6 Å². The van der Waals surface area contributed by atoms with E-state index in [1.165, 1.54) is 141 Å². The van der Waals surface area contributed by atoms with Crippen molar-refractivity contribution < 1.29 is 32.9 Å². The third-order valence-electron chi connectivity index (χ3n) is 11.8. The monoisotopic (exact) mass is 908 g/mol. The number of carbonyl (C=O) groups excluding carboxylic acids is 1. The van der Waals surface area contributed by atoms with Gasteiger partial charge in [0.15, 0.2) is 0 Å². The van der Waals surface area contributed by atoms with Crippen LogP contribution in [-0.4, -0.2) is 73.4 Å². The first kappa shape index (κ1) is 61.5. The van der Waals surface area contributed by atoms with Crippen molar-refractivity contribution >= 4 is 13.7 Å². The number of aliphatic hydroxyl groups is 1. The van der Waals surface area contributed by atoms with Gasteiger partial charge in [-0.2, -0.15) is 0 Å². The molecule has 3 atom stereocenters. The first-order valence-corrected chi connectivity index (χ1v) is 28.0. The minimum Gasteiger partial charge on any atom is -0.391 e. The lowest BCUT2D eigenvalue weighted by molar-refractivity contribution is -0.870. The Morgan fingerprint density at radius 2 is 0.952 bits per heavy atom. The lowest BCUT2D eigenvalue weighted by atomic mass is 10.0. The van der Waals surface area contributed by atoms with Crippen molar-refractivity contribution in [3.63, 3.8) is 0 Å². The van der Waals surface area contributed by atoms with Gasteiger partial charge in [0.1, 0.15) is 13.2 Å². The van der Waals surface area contributed by atoms with Crippen molar-refractivity contribution in [3.05, 3.63) is 48.6 Å². The van der Waals surface area contributed by atoms with Crippen LogP contribution >= 0.6 is 7.82 Å². The number of phosphoric acid groups is 1. The fourth-order valence-corrected chi connectivity index (χ4v) is 8.42. The molecule has 0 aromatic rings. The highest BCUT2D eigenvalue weighted by Crippen LogP contribution is 2.43. The molecule has 0 aliphatic carbocycles. The van der Waals surface area contributed by atoms with Gasteiger partial charge in [-0.25, -0.2) is 4.57 Å². The van der Waals surface area contributed by atoms with Crippen LogP contribution in [0.4, 0.5) is 0 Å². The molecule has 63 heavy (non-hydrogen) atoms. The van der Waals surface area contributed by atoms with E-state index < -0.39 is 20.0 Å². The number of hydrogen-bond donors (Lipinski definition) is 3. The molecule has 0 aromatic heterocycles. The van der Waals surface area contributed by atoms with E-state index in [4.69, 9.17) is 9.05 Å². The van der Waals surface area contributed by atoms with E-state index in [9.17, 15) is 19.4 Å². The summed E-state index contributed by atoms with van der Waals surface area (Å²) in [4.78, 5) is 23.3. The molecule has 0 aliphatic rings. The minimum atomic E-state index is -4.32. The van der Waals surface area contributed by atoms with E-state index in [2.05, 4.69) is 67.8 Å². The average Bonchev–Trinajstić information content (AvgIpc) is 3.24. The van der Waals surface area contributed by atoms with Gasteiger partial charge >= 0.3 is 7.82 Å². The van der Waals surface area contributed by atoms with Gasteiger partial charge in [-0.05, 0) is 51.4 Å². The van der Waals surface area contributed by atoms with Crippen molar-refractivity contribution in [2.45, 2.75) is 251 Å². The van der Waals surface area contributed by atoms with Gasteiger partial charge in [0.05, 0.1) is 39.9 Å². The maximum Gasteiger partial charge on any atom is 0.472 e. The molecule has 9 heteroatoms. The Balaban J connectivity index is 4.26. The molecular formula is C54H104N2O6P+. The van der Waals surface area contributed by atoms with E-state index in [0.29, 0.717) is 23.9 Å².